The zero-order chi connectivity index (χ0) is 27.1. The first-order valence-corrected chi connectivity index (χ1v) is 13.0. The number of hydrogen-bond acceptors (Lipinski definition) is 8. The molecule has 0 aliphatic rings. The van der Waals surface area contributed by atoms with Gasteiger partial charge in [0.25, 0.3) is 5.69 Å². The van der Waals surface area contributed by atoms with Crippen molar-refractivity contribution in [3.63, 3.8) is 0 Å². The molecule has 3 aromatic rings. The number of ether oxygens (including phenoxy) is 2. The molecule has 11 heteroatoms. The Bertz CT molecular complexity index is 1230. The Labute approximate surface area is 220 Å². The second kappa shape index (κ2) is 12.6. The van der Waals surface area contributed by atoms with Gasteiger partial charge in [-0.05, 0) is 42.5 Å². The third kappa shape index (κ3) is 7.45. The van der Waals surface area contributed by atoms with Crippen LogP contribution >= 0.6 is 11.8 Å². The quantitative estimate of drug-likeness (QED) is 0.177. The Kier molecular flexibility index (Phi) is 9.51. The van der Waals surface area contributed by atoms with Crippen LogP contribution in [-0.4, -0.2) is 38.5 Å². The van der Waals surface area contributed by atoms with Gasteiger partial charge in [0.05, 0.1) is 23.5 Å². The third-order valence-corrected chi connectivity index (χ3v) is 6.48. The summed E-state index contributed by atoms with van der Waals surface area (Å²) in [6.45, 7) is 11.1. The second-order valence-electron chi connectivity index (χ2n) is 9.31. The molecule has 0 aliphatic carbocycles. The Hall–Kier alpha value is -3.60. The monoisotopic (exact) mass is 527 g/mol. The molecule has 37 heavy (non-hydrogen) atoms. The molecule has 1 heterocycles. The van der Waals surface area contributed by atoms with E-state index in [-0.39, 0.29) is 29.1 Å². The summed E-state index contributed by atoms with van der Waals surface area (Å²) >= 11 is 1.24. The summed E-state index contributed by atoms with van der Waals surface area (Å²) in [6.07, 6.45) is -0.353. The van der Waals surface area contributed by atoms with Crippen LogP contribution in [0, 0.1) is 16.0 Å². The van der Waals surface area contributed by atoms with E-state index >= 15 is 0 Å². The van der Waals surface area contributed by atoms with E-state index in [1.165, 1.54) is 42.6 Å². The second-order valence-corrected chi connectivity index (χ2v) is 10.3. The van der Waals surface area contributed by atoms with Crippen LogP contribution in [0.4, 0.5) is 11.4 Å². The smallest absolute Gasteiger partial charge is 0.271 e. The number of thioether (sulfide) groups is 1. The first-order valence-electron chi connectivity index (χ1n) is 12.0. The molecule has 1 amide bonds. The standard InChI is InChI=1S/C26H33N5O5S/c1-16(2)14-30-25(18(5)36-21-10-7-19(8-11-21)17(3)4)28-29-26(30)37-15-24(32)27-22-13-20(31(33)34)9-12-23(22)35-6/h7-13,16-18H,14-15H2,1-6H3,(H,27,32). The van der Waals surface area contributed by atoms with E-state index < -0.39 is 4.92 Å². The molecule has 1 N–H and O–H groups in total. The molecule has 0 aliphatic heterocycles. The summed E-state index contributed by atoms with van der Waals surface area (Å²) in [4.78, 5) is 23.3. The van der Waals surface area contributed by atoms with Crippen LogP contribution < -0.4 is 14.8 Å². The van der Waals surface area contributed by atoms with E-state index in [0.29, 0.717) is 35.1 Å². The average Bonchev–Trinajstić information content (AvgIpc) is 3.24. The largest absolute Gasteiger partial charge is 0.495 e. The lowest BCUT2D eigenvalue weighted by Gasteiger charge is -2.18. The SMILES string of the molecule is COc1ccc([N+](=O)[O-])cc1NC(=O)CSc1nnc(C(C)Oc2ccc(C(C)C)cc2)n1CC(C)C. The molecule has 0 radical (unpaired) electrons. The van der Waals surface area contributed by atoms with E-state index in [1.807, 2.05) is 23.6 Å². The van der Waals surface area contributed by atoms with E-state index in [2.05, 4.69) is 55.3 Å². The van der Waals surface area contributed by atoms with Crippen LogP contribution in [0.3, 0.4) is 0 Å². The Morgan fingerprint density at radius 1 is 1.11 bits per heavy atom. The summed E-state index contributed by atoms with van der Waals surface area (Å²) in [6, 6.07) is 12.1. The normalized spacial score (nSPS) is 12.0. The van der Waals surface area contributed by atoms with Gasteiger partial charge in [0.2, 0.25) is 5.91 Å². The summed E-state index contributed by atoms with van der Waals surface area (Å²) in [5.74, 6) is 2.19. The van der Waals surface area contributed by atoms with Crippen LogP contribution in [0.1, 0.15) is 58.0 Å². The number of rotatable bonds is 12. The van der Waals surface area contributed by atoms with Gasteiger partial charge in [0, 0.05) is 18.7 Å². The van der Waals surface area contributed by atoms with Crippen molar-refractivity contribution in [1.29, 1.82) is 0 Å². The topological polar surface area (TPSA) is 121 Å². The molecule has 10 nitrogen and oxygen atoms in total. The van der Waals surface area contributed by atoms with E-state index in [1.54, 1.807) is 0 Å². The van der Waals surface area contributed by atoms with Crippen molar-refractivity contribution in [2.75, 3.05) is 18.2 Å². The third-order valence-electron chi connectivity index (χ3n) is 5.52. The minimum atomic E-state index is -0.526. The van der Waals surface area contributed by atoms with Crippen LogP contribution in [0.25, 0.3) is 0 Å². The lowest BCUT2D eigenvalue weighted by atomic mass is 10.0. The number of nitro benzene ring substituents is 1. The maximum Gasteiger partial charge on any atom is 0.271 e. The number of nitro groups is 1. The summed E-state index contributed by atoms with van der Waals surface area (Å²) < 4.78 is 13.3. The number of carbonyl (C=O) groups excluding carboxylic acids is 1. The zero-order valence-electron chi connectivity index (χ0n) is 21.9. The minimum absolute atomic E-state index is 0.0357. The predicted octanol–water partition coefficient (Wildman–Crippen LogP) is 5.85. The lowest BCUT2D eigenvalue weighted by Crippen LogP contribution is -2.17. The predicted molar refractivity (Wildman–Crippen MR) is 143 cm³/mol. The minimum Gasteiger partial charge on any atom is -0.495 e. The van der Waals surface area contributed by atoms with Gasteiger partial charge in [-0.3, -0.25) is 14.9 Å². The fraction of sp³-hybridized carbons (Fsp3) is 0.423. The molecule has 2 aromatic carbocycles. The van der Waals surface area contributed by atoms with Gasteiger partial charge in [0.15, 0.2) is 17.1 Å². The number of carbonyl (C=O) groups is 1. The Morgan fingerprint density at radius 2 is 1.81 bits per heavy atom. The lowest BCUT2D eigenvalue weighted by molar-refractivity contribution is -0.384. The first-order chi connectivity index (χ1) is 17.6. The highest BCUT2D eigenvalue weighted by Gasteiger charge is 2.22. The molecule has 0 saturated heterocycles. The number of nitrogens with zero attached hydrogens (tertiary/aromatic N) is 4. The highest BCUT2D eigenvalue weighted by molar-refractivity contribution is 7.99. The molecule has 1 atom stereocenters. The van der Waals surface area contributed by atoms with Crippen LogP contribution in [0.5, 0.6) is 11.5 Å². The highest BCUT2D eigenvalue weighted by Crippen LogP contribution is 2.30. The number of amides is 1. The summed E-state index contributed by atoms with van der Waals surface area (Å²) in [7, 11) is 1.43. The number of benzene rings is 2. The number of anilines is 1. The molecular weight excluding hydrogens is 494 g/mol. The number of methoxy groups -OCH3 is 1. The van der Waals surface area contributed by atoms with Crippen molar-refractivity contribution in [3.05, 3.63) is 64.0 Å². The number of aromatic nitrogens is 3. The van der Waals surface area contributed by atoms with E-state index in [9.17, 15) is 14.9 Å². The first kappa shape index (κ1) is 28.0. The van der Waals surface area contributed by atoms with Gasteiger partial charge in [-0.15, -0.1) is 10.2 Å². The van der Waals surface area contributed by atoms with Crippen molar-refractivity contribution in [2.45, 2.75) is 58.3 Å². The van der Waals surface area contributed by atoms with E-state index in [0.717, 1.165) is 5.75 Å². The van der Waals surface area contributed by atoms with Crippen molar-refractivity contribution in [2.24, 2.45) is 5.92 Å². The fourth-order valence-corrected chi connectivity index (χ4v) is 4.41. The highest BCUT2D eigenvalue weighted by atomic mass is 32.2. The maximum atomic E-state index is 12.7. The molecule has 0 saturated carbocycles. The number of non-ortho nitro benzene ring substituents is 1. The number of hydrogen-bond donors (Lipinski definition) is 1. The molecule has 1 unspecified atom stereocenters. The Morgan fingerprint density at radius 3 is 2.41 bits per heavy atom. The van der Waals surface area contributed by atoms with E-state index in [4.69, 9.17) is 9.47 Å². The molecular formula is C26H33N5O5S. The van der Waals surface area contributed by atoms with Crippen molar-refractivity contribution in [3.8, 4) is 11.5 Å². The van der Waals surface area contributed by atoms with Crippen molar-refractivity contribution < 1.29 is 19.2 Å². The molecule has 3 rings (SSSR count). The Balaban J connectivity index is 1.72. The molecule has 198 valence electrons. The van der Waals surface area contributed by atoms with Crippen LogP contribution in [0.15, 0.2) is 47.6 Å². The summed E-state index contributed by atoms with van der Waals surface area (Å²) in [5.41, 5.74) is 1.33. The fourth-order valence-electron chi connectivity index (χ4n) is 3.66. The van der Waals surface area contributed by atoms with Crippen LogP contribution in [-0.2, 0) is 11.3 Å². The zero-order valence-corrected chi connectivity index (χ0v) is 22.7. The number of nitrogens with one attached hydrogen (secondary N) is 1. The molecule has 0 spiro atoms. The molecule has 0 fully saturated rings. The van der Waals surface area contributed by atoms with Gasteiger partial charge in [-0.25, -0.2) is 0 Å². The van der Waals surface area contributed by atoms with Crippen LogP contribution in [0.2, 0.25) is 0 Å². The summed E-state index contributed by atoms with van der Waals surface area (Å²) in [5, 5.41) is 23.1. The average molecular weight is 528 g/mol. The van der Waals surface area contributed by atoms with Gasteiger partial charge >= 0.3 is 0 Å². The van der Waals surface area contributed by atoms with Gasteiger partial charge in [0.1, 0.15) is 11.5 Å². The molecule has 1 aromatic heterocycles. The maximum absolute atomic E-state index is 12.7. The van der Waals surface area contributed by atoms with Gasteiger partial charge < -0.3 is 19.4 Å². The van der Waals surface area contributed by atoms with Gasteiger partial charge in [-0.2, -0.15) is 0 Å². The van der Waals surface area contributed by atoms with Crippen molar-refractivity contribution >= 4 is 29.0 Å². The molecule has 0 bridgehead atoms. The van der Waals surface area contributed by atoms with Crippen molar-refractivity contribution in [1.82, 2.24) is 14.8 Å². The van der Waals surface area contributed by atoms with Gasteiger partial charge in [-0.1, -0.05) is 51.6 Å².